The van der Waals surface area contributed by atoms with Crippen LogP contribution in [0.4, 0.5) is 14.5 Å². The van der Waals surface area contributed by atoms with Gasteiger partial charge in [-0.25, -0.2) is 13.8 Å². The van der Waals surface area contributed by atoms with E-state index >= 15 is 0 Å². The summed E-state index contributed by atoms with van der Waals surface area (Å²) in [6.07, 6.45) is 0. The van der Waals surface area contributed by atoms with E-state index in [9.17, 15) is 8.78 Å². The van der Waals surface area contributed by atoms with Crippen molar-refractivity contribution in [2.75, 3.05) is 5.32 Å². The summed E-state index contributed by atoms with van der Waals surface area (Å²) in [4.78, 5) is 4.18. The Morgan fingerprint density at radius 1 is 1.04 bits per heavy atom. The van der Waals surface area contributed by atoms with Crippen LogP contribution in [-0.4, -0.2) is 4.98 Å². The topological polar surface area (TPSA) is 109 Å². The first-order valence-electron chi connectivity index (χ1n) is 7.24. The molecule has 0 atom stereocenters. The number of oxazole rings is 1. The van der Waals surface area contributed by atoms with Gasteiger partial charge in [-0.15, -0.1) is 0 Å². The molecule has 3 rings (SSSR count). The number of rotatable bonds is 3. The van der Waals surface area contributed by atoms with Gasteiger partial charge in [0.2, 0.25) is 5.89 Å². The Kier molecular flexibility index (Phi) is 4.72. The van der Waals surface area contributed by atoms with Crippen LogP contribution in [0.2, 0.25) is 5.02 Å². The molecule has 9 heteroatoms. The molecule has 0 aliphatic heterocycles. The molecule has 0 saturated heterocycles. The van der Waals surface area contributed by atoms with E-state index in [1.165, 1.54) is 18.2 Å². The Morgan fingerprint density at radius 2 is 1.74 bits per heavy atom. The Bertz CT molecular complexity index is 1210. The van der Waals surface area contributed by atoms with Gasteiger partial charge < -0.3 is 9.73 Å². The van der Waals surface area contributed by atoms with Gasteiger partial charge in [-0.2, -0.15) is 15.8 Å². The van der Waals surface area contributed by atoms with Gasteiger partial charge in [0.1, 0.15) is 29.4 Å². The van der Waals surface area contributed by atoms with Gasteiger partial charge in [0.05, 0.1) is 10.6 Å². The summed E-state index contributed by atoms with van der Waals surface area (Å²) in [5.74, 6) is -2.20. The second kappa shape index (κ2) is 7.13. The van der Waals surface area contributed by atoms with Crippen LogP contribution in [0.15, 0.2) is 46.0 Å². The molecule has 27 heavy (non-hydrogen) atoms. The third kappa shape index (κ3) is 3.41. The van der Waals surface area contributed by atoms with Crippen molar-refractivity contribution in [3.05, 3.63) is 58.3 Å². The molecule has 0 aliphatic carbocycles. The monoisotopic (exact) mass is 381 g/mol. The molecule has 1 aromatic heterocycles. The lowest BCUT2D eigenvalue weighted by atomic mass is 10.2. The van der Waals surface area contributed by atoms with E-state index < -0.39 is 11.6 Å². The van der Waals surface area contributed by atoms with Crippen LogP contribution in [0, 0.1) is 45.6 Å². The van der Waals surface area contributed by atoms with E-state index in [0.29, 0.717) is 16.8 Å². The van der Waals surface area contributed by atoms with Crippen molar-refractivity contribution in [1.82, 2.24) is 4.98 Å². The Hall–Kier alpha value is -3.93. The van der Waals surface area contributed by atoms with Crippen LogP contribution in [0.1, 0.15) is 0 Å². The van der Waals surface area contributed by atoms with Crippen molar-refractivity contribution in [2.45, 2.75) is 0 Å². The third-order valence-electron chi connectivity index (χ3n) is 3.48. The Morgan fingerprint density at radius 3 is 2.41 bits per heavy atom. The number of fused-ring (bicyclic) bond motifs is 1. The lowest BCUT2D eigenvalue weighted by Crippen LogP contribution is -2.00. The van der Waals surface area contributed by atoms with Crippen molar-refractivity contribution in [1.29, 1.82) is 15.8 Å². The van der Waals surface area contributed by atoms with E-state index in [1.807, 2.05) is 0 Å². The number of benzene rings is 2. The summed E-state index contributed by atoms with van der Waals surface area (Å²) in [7, 11) is 0. The highest BCUT2D eigenvalue weighted by Crippen LogP contribution is 2.32. The first-order valence-corrected chi connectivity index (χ1v) is 7.61. The highest BCUT2D eigenvalue weighted by Gasteiger charge is 2.16. The summed E-state index contributed by atoms with van der Waals surface area (Å²) in [6, 6.07) is 11.2. The molecule has 130 valence electrons. The van der Waals surface area contributed by atoms with Gasteiger partial charge in [-0.1, -0.05) is 11.6 Å². The standard InChI is InChI=1S/C18H6ClF2N5O/c19-12-5-14(21)13(20)4-11(12)18-26-15-3-10(1-2-17(15)27-18)25-16(8-24)9(6-22)7-23/h1-5,25H. The molecule has 0 fully saturated rings. The summed E-state index contributed by atoms with van der Waals surface area (Å²) in [5, 5.41) is 29.4. The lowest BCUT2D eigenvalue weighted by molar-refractivity contribution is 0.508. The summed E-state index contributed by atoms with van der Waals surface area (Å²) in [5.41, 5.74) is 0.537. The predicted octanol–water partition coefficient (Wildman–Crippen LogP) is 4.66. The van der Waals surface area contributed by atoms with Crippen LogP contribution in [-0.2, 0) is 0 Å². The van der Waals surface area contributed by atoms with Crippen molar-refractivity contribution in [3.63, 3.8) is 0 Å². The van der Waals surface area contributed by atoms with Gasteiger partial charge in [-0.3, -0.25) is 0 Å². The molecule has 0 amide bonds. The fourth-order valence-electron chi connectivity index (χ4n) is 2.23. The number of hydrogen-bond donors (Lipinski definition) is 1. The van der Waals surface area contributed by atoms with Gasteiger partial charge in [-0.05, 0) is 30.3 Å². The second-order valence-electron chi connectivity index (χ2n) is 5.16. The first kappa shape index (κ1) is 17.9. The molecular weight excluding hydrogens is 376 g/mol. The largest absolute Gasteiger partial charge is 0.436 e. The zero-order valence-corrected chi connectivity index (χ0v) is 14.0. The molecule has 0 radical (unpaired) electrons. The number of hydrogen-bond acceptors (Lipinski definition) is 6. The number of nitriles is 3. The van der Waals surface area contributed by atoms with Crippen LogP contribution in [0.5, 0.6) is 0 Å². The zero-order valence-electron chi connectivity index (χ0n) is 13.2. The van der Waals surface area contributed by atoms with Crippen LogP contribution in [0.3, 0.4) is 0 Å². The van der Waals surface area contributed by atoms with E-state index in [-0.39, 0.29) is 27.7 Å². The summed E-state index contributed by atoms with van der Waals surface area (Å²) >= 11 is 5.93. The smallest absolute Gasteiger partial charge is 0.228 e. The number of aromatic nitrogens is 1. The highest BCUT2D eigenvalue weighted by molar-refractivity contribution is 6.33. The number of halogens is 3. The minimum atomic E-state index is -1.09. The molecule has 0 spiro atoms. The second-order valence-corrected chi connectivity index (χ2v) is 5.57. The molecule has 3 aromatic rings. The predicted molar refractivity (Wildman–Crippen MR) is 91.9 cm³/mol. The van der Waals surface area contributed by atoms with Crippen LogP contribution in [0.25, 0.3) is 22.6 Å². The summed E-state index contributed by atoms with van der Waals surface area (Å²) < 4.78 is 32.2. The molecule has 0 saturated carbocycles. The van der Waals surface area contributed by atoms with Gasteiger partial charge in [0.15, 0.2) is 22.8 Å². The van der Waals surface area contributed by atoms with Crippen molar-refractivity contribution in [3.8, 4) is 29.7 Å². The molecular formula is C18H6ClF2N5O. The first-order chi connectivity index (χ1) is 13.0. The van der Waals surface area contributed by atoms with Crippen LogP contribution < -0.4 is 5.32 Å². The molecule has 0 unspecified atom stereocenters. The van der Waals surface area contributed by atoms with Gasteiger partial charge >= 0.3 is 0 Å². The molecule has 0 aliphatic rings. The van der Waals surface area contributed by atoms with E-state index in [4.69, 9.17) is 31.8 Å². The molecule has 0 bridgehead atoms. The minimum absolute atomic E-state index is 0.0168. The Balaban J connectivity index is 2.03. The Labute approximate surface area is 156 Å². The molecule has 1 heterocycles. The number of nitrogens with zero attached hydrogens (tertiary/aromatic N) is 4. The third-order valence-corrected chi connectivity index (χ3v) is 3.80. The maximum Gasteiger partial charge on any atom is 0.228 e. The average molecular weight is 382 g/mol. The van der Waals surface area contributed by atoms with Crippen molar-refractivity contribution < 1.29 is 13.2 Å². The van der Waals surface area contributed by atoms with Crippen LogP contribution >= 0.6 is 11.6 Å². The van der Waals surface area contributed by atoms with E-state index in [1.54, 1.807) is 18.2 Å². The summed E-state index contributed by atoms with van der Waals surface area (Å²) in [6.45, 7) is 0. The zero-order chi connectivity index (χ0) is 19.6. The average Bonchev–Trinajstić information content (AvgIpc) is 3.07. The fraction of sp³-hybridized carbons (Fsp3) is 0. The van der Waals surface area contributed by atoms with Crippen molar-refractivity contribution in [2.24, 2.45) is 0 Å². The quantitative estimate of drug-likeness (QED) is 0.521. The van der Waals surface area contributed by atoms with Gasteiger partial charge in [0.25, 0.3) is 0 Å². The highest BCUT2D eigenvalue weighted by atomic mass is 35.5. The molecule has 1 N–H and O–H groups in total. The fourth-order valence-corrected chi connectivity index (χ4v) is 2.47. The number of anilines is 1. The molecule has 6 nitrogen and oxygen atoms in total. The minimum Gasteiger partial charge on any atom is -0.436 e. The van der Waals surface area contributed by atoms with E-state index in [2.05, 4.69) is 10.3 Å². The van der Waals surface area contributed by atoms with Crippen molar-refractivity contribution >= 4 is 28.4 Å². The normalized spacial score (nSPS) is 9.93. The van der Waals surface area contributed by atoms with E-state index in [0.717, 1.165) is 12.1 Å². The number of allylic oxidation sites excluding steroid dienone is 2. The molecule has 2 aromatic carbocycles. The maximum absolute atomic E-state index is 13.5. The maximum atomic E-state index is 13.5. The number of nitrogens with one attached hydrogen (secondary N) is 1. The SMILES string of the molecule is N#CC(C#N)=C(C#N)Nc1ccc2oc(-c3cc(F)c(F)cc3Cl)nc2c1. The lowest BCUT2D eigenvalue weighted by Gasteiger charge is -2.03. The van der Waals surface area contributed by atoms with Gasteiger partial charge in [0, 0.05) is 5.69 Å².